The summed E-state index contributed by atoms with van der Waals surface area (Å²) in [6, 6.07) is 7.83. The van der Waals surface area contributed by atoms with Crippen molar-refractivity contribution in [3.05, 3.63) is 24.3 Å². The van der Waals surface area contributed by atoms with Gasteiger partial charge < -0.3 is 15.4 Å². The number of para-hydroxylation sites is 2. The SMILES string of the molecule is CNCNc1ccccc1OC. The van der Waals surface area contributed by atoms with Crippen LogP contribution in [-0.2, 0) is 0 Å². The second kappa shape index (κ2) is 4.62. The van der Waals surface area contributed by atoms with Gasteiger partial charge in [-0.1, -0.05) is 12.1 Å². The van der Waals surface area contributed by atoms with Crippen molar-refractivity contribution in [3.63, 3.8) is 0 Å². The first-order valence-corrected chi connectivity index (χ1v) is 3.90. The summed E-state index contributed by atoms with van der Waals surface area (Å²) >= 11 is 0. The highest BCUT2D eigenvalue weighted by molar-refractivity contribution is 5.55. The van der Waals surface area contributed by atoms with Crippen molar-refractivity contribution in [2.45, 2.75) is 0 Å². The molecule has 66 valence electrons. The van der Waals surface area contributed by atoms with Crippen molar-refractivity contribution in [1.82, 2.24) is 5.32 Å². The minimum Gasteiger partial charge on any atom is -0.495 e. The fourth-order valence-corrected chi connectivity index (χ4v) is 0.974. The second-order valence-electron chi connectivity index (χ2n) is 2.41. The molecule has 1 rings (SSSR count). The van der Waals surface area contributed by atoms with Gasteiger partial charge in [0.1, 0.15) is 5.75 Å². The van der Waals surface area contributed by atoms with Gasteiger partial charge in [0, 0.05) is 0 Å². The third-order valence-corrected chi connectivity index (χ3v) is 1.56. The molecule has 0 spiro atoms. The Balaban J connectivity index is 2.68. The number of methoxy groups -OCH3 is 1. The minimum absolute atomic E-state index is 0.736. The molecule has 0 saturated heterocycles. The summed E-state index contributed by atoms with van der Waals surface area (Å²) in [5.74, 6) is 0.868. The first-order valence-electron chi connectivity index (χ1n) is 3.90. The molecule has 0 aromatic heterocycles. The summed E-state index contributed by atoms with van der Waals surface area (Å²) in [7, 11) is 3.56. The van der Waals surface area contributed by atoms with Gasteiger partial charge in [-0.15, -0.1) is 0 Å². The van der Waals surface area contributed by atoms with Crippen LogP contribution in [0.1, 0.15) is 0 Å². The molecule has 0 amide bonds. The smallest absolute Gasteiger partial charge is 0.141 e. The Morgan fingerprint density at radius 1 is 1.33 bits per heavy atom. The van der Waals surface area contributed by atoms with E-state index in [9.17, 15) is 0 Å². The molecule has 0 aliphatic rings. The zero-order chi connectivity index (χ0) is 8.81. The van der Waals surface area contributed by atoms with E-state index in [1.165, 1.54) is 0 Å². The Morgan fingerprint density at radius 3 is 2.75 bits per heavy atom. The quantitative estimate of drug-likeness (QED) is 0.661. The van der Waals surface area contributed by atoms with Crippen molar-refractivity contribution < 1.29 is 4.74 Å². The molecule has 0 aliphatic carbocycles. The van der Waals surface area contributed by atoms with Crippen molar-refractivity contribution in [2.24, 2.45) is 0 Å². The number of rotatable bonds is 4. The van der Waals surface area contributed by atoms with Crippen LogP contribution in [0.25, 0.3) is 0 Å². The van der Waals surface area contributed by atoms with E-state index in [-0.39, 0.29) is 0 Å². The van der Waals surface area contributed by atoms with Gasteiger partial charge in [-0.05, 0) is 19.2 Å². The Bertz CT molecular complexity index is 238. The van der Waals surface area contributed by atoms with E-state index in [4.69, 9.17) is 4.74 Å². The zero-order valence-corrected chi connectivity index (χ0v) is 7.42. The van der Waals surface area contributed by atoms with Gasteiger partial charge in [-0.3, -0.25) is 0 Å². The molecule has 0 saturated carbocycles. The molecule has 0 unspecified atom stereocenters. The fourth-order valence-electron chi connectivity index (χ4n) is 0.974. The number of ether oxygens (including phenoxy) is 1. The molecule has 0 heterocycles. The normalized spacial score (nSPS) is 9.50. The maximum atomic E-state index is 5.15. The molecule has 1 aromatic carbocycles. The van der Waals surface area contributed by atoms with Crippen LogP contribution in [0, 0.1) is 0 Å². The number of benzene rings is 1. The lowest BCUT2D eigenvalue weighted by molar-refractivity contribution is 0.416. The van der Waals surface area contributed by atoms with E-state index in [0.29, 0.717) is 0 Å². The third-order valence-electron chi connectivity index (χ3n) is 1.56. The van der Waals surface area contributed by atoms with E-state index < -0.39 is 0 Å². The molecule has 0 fully saturated rings. The third kappa shape index (κ3) is 2.13. The summed E-state index contributed by atoms with van der Waals surface area (Å²) in [6.07, 6.45) is 0. The van der Waals surface area contributed by atoms with Crippen LogP contribution < -0.4 is 15.4 Å². The Labute approximate surface area is 72.7 Å². The van der Waals surface area contributed by atoms with E-state index in [2.05, 4.69) is 10.6 Å². The van der Waals surface area contributed by atoms with Crippen LogP contribution in [0.15, 0.2) is 24.3 Å². The lowest BCUT2D eigenvalue weighted by Crippen LogP contribution is -2.16. The second-order valence-corrected chi connectivity index (χ2v) is 2.41. The fraction of sp³-hybridized carbons (Fsp3) is 0.333. The summed E-state index contributed by atoms with van der Waals surface area (Å²) in [5, 5.41) is 6.18. The molecule has 3 nitrogen and oxygen atoms in total. The van der Waals surface area contributed by atoms with Crippen molar-refractivity contribution in [2.75, 3.05) is 26.1 Å². The molecular weight excluding hydrogens is 152 g/mol. The van der Waals surface area contributed by atoms with Gasteiger partial charge >= 0.3 is 0 Å². The first-order chi connectivity index (χ1) is 5.88. The minimum atomic E-state index is 0.736. The molecule has 3 heteroatoms. The van der Waals surface area contributed by atoms with Gasteiger partial charge in [-0.2, -0.15) is 0 Å². The maximum absolute atomic E-state index is 5.15. The highest BCUT2D eigenvalue weighted by Gasteiger charge is 1.97. The first kappa shape index (κ1) is 8.87. The molecule has 0 radical (unpaired) electrons. The number of hydrogen-bond acceptors (Lipinski definition) is 3. The highest BCUT2D eigenvalue weighted by Crippen LogP contribution is 2.22. The van der Waals surface area contributed by atoms with Gasteiger partial charge in [0.05, 0.1) is 19.5 Å². The molecule has 0 atom stereocenters. The predicted molar refractivity (Wildman–Crippen MR) is 50.5 cm³/mol. The Kier molecular flexibility index (Phi) is 3.41. The molecule has 0 aliphatic heterocycles. The molecular formula is C9H14N2O. The van der Waals surface area contributed by atoms with Gasteiger partial charge in [-0.25, -0.2) is 0 Å². The van der Waals surface area contributed by atoms with Crippen molar-refractivity contribution in [3.8, 4) is 5.75 Å². The van der Waals surface area contributed by atoms with Crippen LogP contribution in [0.5, 0.6) is 5.75 Å². The lowest BCUT2D eigenvalue weighted by Gasteiger charge is -2.09. The lowest BCUT2D eigenvalue weighted by atomic mass is 10.3. The van der Waals surface area contributed by atoms with Gasteiger partial charge in [0.15, 0.2) is 0 Å². The van der Waals surface area contributed by atoms with E-state index in [1.54, 1.807) is 7.11 Å². The average molecular weight is 166 g/mol. The monoisotopic (exact) mass is 166 g/mol. The molecule has 12 heavy (non-hydrogen) atoms. The van der Waals surface area contributed by atoms with Crippen molar-refractivity contribution >= 4 is 5.69 Å². The summed E-state index contributed by atoms with van der Waals surface area (Å²) in [4.78, 5) is 0. The summed E-state index contributed by atoms with van der Waals surface area (Å²) < 4.78 is 5.15. The molecule has 1 aromatic rings. The number of anilines is 1. The maximum Gasteiger partial charge on any atom is 0.141 e. The highest BCUT2D eigenvalue weighted by atomic mass is 16.5. The molecule has 0 bridgehead atoms. The van der Waals surface area contributed by atoms with Gasteiger partial charge in [0.2, 0.25) is 0 Å². The molecule has 2 N–H and O–H groups in total. The number of nitrogens with one attached hydrogen (secondary N) is 2. The average Bonchev–Trinajstić information content (AvgIpc) is 2.15. The van der Waals surface area contributed by atoms with Gasteiger partial charge in [0.25, 0.3) is 0 Å². The van der Waals surface area contributed by atoms with E-state index >= 15 is 0 Å². The zero-order valence-electron chi connectivity index (χ0n) is 7.42. The van der Waals surface area contributed by atoms with Crippen LogP contribution in [0.3, 0.4) is 0 Å². The summed E-state index contributed by atoms with van der Waals surface area (Å²) in [6.45, 7) is 0.736. The Morgan fingerprint density at radius 2 is 2.08 bits per heavy atom. The van der Waals surface area contributed by atoms with E-state index in [1.807, 2.05) is 31.3 Å². The summed E-state index contributed by atoms with van der Waals surface area (Å²) in [5.41, 5.74) is 1.01. The van der Waals surface area contributed by atoms with Crippen LogP contribution in [0.2, 0.25) is 0 Å². The van der Waals surface area contributed by atoms with Crippen molar-refractivity contribution in [1.29, 1.82) is 0 Å². The van der Waals surface area contributed by atoms with Crippen LogP contribution in [0.4, 0.5) is 5.69 Å². The number of hydrogen-bond donors (Lipinski definition) is 2. The van der Waals surface area contributed by atoms with Crippen LogP contribution in [-0.4, -0.2) is 20.8 Å². The van der Waals surface area contributed by atoms with Crippen LogP contribution >= 0.6 is 0 Å². The predicted octanol–water partition coefficient (Wildman–Crippen LogP) is 1.28. The largest absolute Gasteiger partial charge is 0.495 e. The topological polar surface area (TPSA) is 33.3 Å². The van der Waals surface area contributed by atoms with E-state index in [0.717, 1.165) is 18.1 Å². The Hall–Kier alpha value is -1.22. The standard InChI is InChI=1S/C9H14N2O/c1-10-7-11-8-5-3-4-6-9(8)12-2/h3-6,10-11H,7H2,1-2H3.